The van der Waals surface area contributed by atoms with Gasteiger partial charge in [-0.3, -0.25) is 4.79 Å². The van der Waals surface area contributed by atoms with Crippen LogP contribution in [-0.2, 0) is 9.22 Å². The monoisotopic (exact) mass is 365 g/mol. The first-order valence-corrected chi connectivity index (χ1v) is 11.0. The Kier molecular flexibility index (Phi) is 5.16. The van der Waals surface area contributed by atoms with E-state index >= 15 is 0 Å². The van der Waals surface area contributed by atoms with Crippen LogP contribution >= 0.6 is 0 Å². The first kappa shape index (κ1) is 18.6. The van der Waals surface area contributed by atoms with Crippen LogP contribution < -0.4 is 10.4 Å². The van der Waals surface area contributed by atoms with Crippen molar-refractivity contribution in [1.82, 2.24) is 4.90 Å². The van der Waals surface area contributed by atoms with Crippen LogP contribution in [-0.4, -0.2) is 38.8 Å². The van der Waals surface area contributed by atoms with Crippen molar-refractivity contribution in [3.8, 4) is 0 Å². The minimum absolute atomic E-state index is 0.0345. The highest BCUT2D eigenvalue weighted by Gasteiger charge is 2.51. The summed E-state index contributed by atoms with van der Waals surface area (Å²) in [6.07, 6.45) is 3.44. The van der Waals surface area contributed by atoms with Crippen LogP contribution in [0.1, 0.15) is 20.8 Å². The number of carbonyl (C=O) groups is 1. The lowest BCUT2D eigenvalue weighted by Gasteiger charge is -2.45. The highest BCUT2D eigenvalue weighted by molar-refractivity contribution is 6.99. The number of rotatable bonds is 4. The normalized spacial score (nSPS) is 18.2. The minimum atomic E-state index is -2.58. The van der Waals surface area contributed by atoms with Crippen LogP contribution in [0.5, 0.6) is 0 Å². The molecule has 1 aliphatic rings. The van der Waals surface area contributed by atoms with E-state index in [0.717, 1.165) is 0 Å². The maximum absolute atomic E-state index is 11.8. The van der Waals surface area contributed by atoms with Crippen LogP contribution in [0.25, 0.3) is 0 Å². The van der Waals surface area contributed by atoms with Crippen molar-refractivity contribution >= 4 is 24.6 Å². The van der Waals surface area contributed by atoms with E-state index in [-0.39, 0.29) is 17.0 Å². The number of amides is 1. The van der Waals surface area contributed by atoms with E-state index in [2.05, 4.69) is 69.3 Å². The topological polar surface area (TPSA) is 29.5 Å². The van der Waals surface area contributed by atoms with E-state index in [1.54, 1.807) is 11.0 Å². The van der Waals surface area contributed by atoms with E-state index in [1.807, 2.05) is 25.3 Å². The number of hydrogen-bond acceptors (Lipinski definition) is 2. The van der Waals surface area contributed by atoms with Crippen LogP contribution in [0.3, 0.4) is 0 Å². The Hall–Kier alpha value is -2.17. The van der Waals surface area contributed by atoms with Crippen molar-refractivity contribution in [3.63, 3.8) is 0 Å². The zero-order valence-corrected chi connectivity index (χ0v) is 17.0. The molecule has 0 unspecified atom stereocenters. The summed E-state index contributed by atoms with van der Waals surface area (Å²) in [7, 11) is -0.751. The number of hydrogen-bond donors (Lipinski definition) is 0. The molecule has 136 valence electrons. The predicted octanol–water partition coefficient (Wildman–Crippen LogP) is 2.96. The van der Waals surface area contributed by atoms with Crippen molar-refractivity contribution in [2.75, 3.05) is 13.6 Å². The van der Waals surface area contributed by atoms with Crippen LogP contribution in [0.4, 0.5) is 0 Å². The molecule has 3 rings (SSSR count). The number of carbonyl (C=O) groups excluding carboxylic acids is 1. The summed E-state index contributed by atoms with van der Waals surface area (Å²) >= 11 is 0. The molecule has 0 aliphatic carbocycles. The molecular weight excluding hydrogens is 338 g/mol. The highest BCUT2D eigenvalue weighted by atomic mass is 28.4. The van der Waals surface area contributed by atoms with Crippen LogP contribution in [0.2, 0.25) is 5.04 Å². The predicted molar refractivity (Wildman–Crippen MR) is 109 cm³/mol. The summed E-state index contributed by atoms with van der Waals surface area (Å²) in [5, 5.41) is 2.45. The van der Waals surface area contributed by atoms with Crippen molar-refractivity contribution in [1.29, 1.82) is 0 Å². The molecule has 0 aromatic heterocycles. The molecule has 2 aromatic rings. The Morgan fingerprint density at radius 3 is 1.88 bits per heavy atom. The number of likely N-dealkylation sites (N-methyl/N-ethyl adjacent to an activating group) is 1. The van der Waals surface area contributed by atoms with Gasteiger partial charge in [-0.15, -0.1) is 0 Å². The lowest BCUT2D eigenvalue weighted by molar-refractivity contribution is -0.126. The first-order chi connectivity index (χ1) is 12.3. The third-order valence-corrected chi connectivity index (χ3v) is 10.1. The average Bonchev–Trinajstić information content (AvgIpc) is 2.63. The molecule has 1 atom stereocenters. The number of nitrogens with zero attached hydrogens (tertiary/aromatic N) is 1. The molecule has 4 heteroatoms. The molecule has 3 nitrogen and oxygen atoms in total. The summed E-state index contributed by atoms with van der Waals surface area (Å²) in [5.41, 5.74) is 0. The van der Waals surface area contributed by atoms with E-state index in [9.17, 15) is 4.79 Å². The van der Waals surface area contributed by atoms with Gasteiger partial charge in [-0.2, -0.15) is 0 Å². The van der Waals surface area contributed by atoms with Crippen molar-refractivity contribution in [2.45, 2.75) is 31.9 Å². The minimum Gasteiger partial charge on any atom is -0.399 e. The van der Waals surface area contributed by atoms with Gasteiger partial charge >= 0.3 is 0 Å². The molecule has 0 N–H and O–H groups in total. The smallest absolute Gasteiger partial charge is 0.261 e. The van der Waals surface area contributed by atoms with Gasteiger partial charge in [0, 0.05) is 19.7 Å². The van der Waals surface area contributed by atoms with Gasteiger partial charge in [0.15, 0.2) is 0 Å². The third-order valence-electron chi connectivity index (χ3n) is 5.03. The Labute approximate surface area is 157 Å². The molecule has 1 heterocycles. The molecule has 0 saturated carbocycles. The molecule has 0 radical (unpaired) electrons. The van der Waals surface area contributed by atoms with Gasteiger partial charge in [0.25, 0.3) is 8.32 Å². The second-order valence-corrected chi connectivity index (χ2v) is 12.2. The second kappa shape index (κ2) is 7.21. The number of benzene rings is 2. The van der Waals surface area contributed by atoms with Gasteiger partial charge in [0.2, 0.25) is 5.91 Å². The van der Waals surface area contributed by atoms with E-state index < -0.39 is 8.32 Å². The summed E-state index contributed by atoms with van der Waals surface area (Å²) in [6, 6.07) is 21.2. The van der Waals surface area contributed by atoms with Crippen molar-refractivity contribution in [2.24, 2.45) is 0 Å². The first-order valence-electron chi connectivity index (χ1n) is 9.07. The molecule has 0 bridgehead atoms. The average molecular weight is 366 g/mol. The van der Waals surface area contributed by atoms with Gasteiger partial charge in [0.05, 0.1) is 6.10 Å². The van der Waals surface area contributed by atoms with Gasteiger partial charge in [-0.1, -0.05) is 81.4 Å². The molecule has 0 spiro atoms. The summed E-state index contributed by atoms with van der Waals surface area (Å²) < 4.78 is 6.99. The molecule has 2 aromatic carbocycles. The lowest BCUT2D eigenvalue weighted by Crippen LogP contribution is -2.68. The van der Waals surface area contributed by atoms with Gasteiger partial charge in [-0.25, -0.2) is 0 Å². The summed E-state index contributed by atoms with van der Waals surface area (Å²) in [4.78, 5) is 13.6. The van der Waals surface area contributed by atoms with E-state index in [0.29, 0.717) is 6.54 Å². The largest absolute Gasteiger partial charge is 0.399 e. The fourth-order valence-electron chi connectivity index (χ4n) is 3.73. The van der Waals surface area contributed by atoms with Crippen LogP contribution in [0.15, 0.2) is 72.8 Å². The Morgan fingerprint density at radius 1 is 0.962 bits per heavy atom. The van der Waals surface area contributed by atoms with Gasteiger partial charge in [-0.05, 0) is 21.5 Å². The molecule has 0 saturated heterocycles. The van der Waals surface area contributed by atoms with Crippen molar-refractivity contribution in [3.05, 3.63) is 72.8 Å². The Bertz CT molecular complexity index is 741. The van der Waals surface area contributed by atoms with Crippen molar-refractivity contribution < 1.29 is 9.22 Å². The Balaban J connectivity index is 2.15. The fraction of sp³-hybridized carbons (Fsp3) is 0.318. The van der Waals surface area contributed by atoms with E-state index in [1.165, 1.54) is 10.4 Å². The quantitative estimate of drug-likeness (QED) is 0.780. The maximum Gasteiger partial charge on any atom is 0.261 e. The second-order valence-electron chi connectivity index (χ2n) is 7.90. The third kappa shape index (κ3) is 3.39. The maximum atomic E-state index is 11.8. The van der Waals surface area contributed by atoms with Crippen LogP contribution in [0, 0.1) is 0 Å². The molecule has 1 aliphatic heterocycles. The zero-order valence-electron chi connectivity index (χ0n) is 16.0. The summed E-state index contributed by atoms with van der Waals surface area (Å²) in [6.45, 7) is 7.38. The highest BCUT2D eigenvalue weighted by Crippen LogP contribution is 2.37. The lowest BCUT2D eigenvalue weighted by atomic mass is 10.2. The fourth-order valence-corrected chi connectivity index (χ4v) is 8.35. The van der Waals surface area contributed by atoms with Gasteiger partial charge < -0.3 is 9.33 Å². The summed E-state index contributed by atoms with van der Waals surface area (Å²) in [5.74, 6) is 0.0345. The molecule has 0 fully saturated rings. The molecule has 1 amide bonds. The SMILES string of the molecule is CN1C[C@@H](O[Si](c2ccccc2)(c2ccccc2)C(C)(C)C)C=CC1=O. The zero-order chi connectivity index (χ0) is 18.8. The molecular formula is C22H27NO2Si. The van der Waals surface area contributed by atoms with E-state index in [4.69, 9.17) is 4.43 Å². The molecule has 26 heavy (non-hydrogen) atoms. The van der Waals surface area contributed by atoms with Gasteiger partial charge in [0.1, 0.15) is 0 Å². The standard InChI is InChI=1S/C22H27NO2Si/c1-22(2,3)26(19-11-7-5-8-12-19,20-13-9-6-10-14-20)25-18-15-16-21(24)23(4)17-18/h5-16,18H,17H2,1-4H3/t18-/m0/s1. The Morgan fingerprint density at radius 2 is 1.46 bits per heavy atom.